The van der Waals surface area contributed by atoms with Gasteiger partial charge >= 0.3 is 11.9 Å². The van der Waals surface area contributed by atoms with Crippen molar-refractivity contribution in [2.24, 2.45) is 56.2 Å². The van der Waals surface area contributed by atoms with Crippen molar-refractivity contribution in [3.8, 4) is 0 Å². The number of ketones is 1. The minimum Gasteiger partial charge on any atom is -0.481 e. The van der Waals surface area contributed by atoms with E-state index >= 15 is 0 Å². The first-order valence-electron chi connectivity index (χ1n) is 21.2. The largest absolute Gasteiger partial charge is 0.481 e. The van der Waals surface area contributed by atoms with Crippen LogP contribution in [0.3, 0.4) is 0 Å². The molecule has 54 heavy (non-hydrogen) atoms. The third-order valence-electron chi connectivity index (χ3n) is 17.0. The molecule has 0 unspecified atom stereocenters. The van der Waals surface area contributed by atoms with E-state index in [1.54, 1.807) is 13.8 Å². The third kappa shape index (κ3) is 6.34. The number of aryl methyl sites for hydroxylation is 1. The average molecular weight is 746 g/mol. The van der Waals surface area contributed by atoms with Crippen LogP contribution in [-0.4, -0.2) is 58.1 Å². The van der Waals surface area contributed by atoms with Crippen LogP contribution >= 0.6 is 0 Å². The Kier molecular flexibility index (Phi) is 10.8. The summed E-state index contributed by atoms with van der Waals surface area (Å²) < 4.78 is 6.19. The van der Waals surface area contributed by atoms with Crippen LogP contribution in [0.4, 0.5) is 0 Å². The van der Waals surface area contributed by atoms with Gasteiger partial charge in [0.1, 0.15) is 6.10 Å². The molecule has 0 amide bonds. The van der Waals surface area contributed by atoms with Crippen molar-refractivity contribution in [1.82, 2.24) is 4.90 Å². The lowest BCUT2D eigenvalue weighted by Crippen LogP contribution is -2.66. The highest BCUT2D eigenvalue weighted by atomic mass is 16.5. The van der Waals surface area contributed by atoms with Gasteiger partial charge in [0.2, 0.25) is 0 Å². The van der Waals surface area contributed by atoms with Gasteiger partial charge in [-0.2, -0.15) is 0 Å². The van der Waals surface area contributed by atoms with Gasteiger partial charge in [0, 0.05) is 30.3 Å². The van der Waals surface area contributed by atoms with Crippen molar-refractivity contribution in [3.05, 3.63) is 46.5 Å². The Morgan fingerprint density at radius 1 is 0.944 bits per heavy atom. The van der Waals surface area contributed by atoms with Crippen LogP contribution in [0.2, 0.25) is 0 Å². The number of carbonyl (C=O) groups excluding carboxylic acids is 2. The van der Waals surface area contributed by atoms with E-state index in [0.29, 0.717) is 24.8 Å². The summed E-state index contributed by atoms with van der Waals surface area (Å²) in [6.07, 6.45) is 7.36. The zero-order valence-electron chi connectivity index (χ0n) is 35.4. The lowest BCUT2D eigenvalue weighted by atomic mass is 9.33. The lowest BCUT2D eigenvalue weighted by molar-refractivity contribution is -0.235. The summed E-state index contributed by atoms with van der Waals surface area (Å²) in [4.78, 5) is 41.5. The molecule has 1 aromatic carbocycles. The highest BCUT2D eigenvalue weighted by molar-refractivity contribution is 6.00. The van der Waals surface area contributed by atoms with Gasteiger partial charge in [-0.1, -0.05) is 85.2 Å². The fourth-order valence-corrected chi connectivity index (χ4v) is 13.7. The summed E-state index contributed by atoms with van der Waals surface area (Å²) in [6.45, 7) is 26.3. The number of aliphatic hydroxyl groups is 1. The molecule has 0 saturated heterocycles. The number of nitrogens with zero attached hydrogens (tertiary/aromatic N) is 1. The average Bonchev–Trinajstić information content (AvgIpc) is 3.40. The molecular formula is C47H71NO6. The quantitative estimate of drug-likeness (QED) is 0.218. The Balaban J connectivity index is 1.28. The number of hydrogen-bond donors (Lipinski definition) is 2. The number of esters is 1. The number of aliphatic carboxylic acids is 1. The van der Waals surface area contributed by atoms with E-state index in [9.17, 15) is 24.6 Å². The Hall–Kier alpha value is -2.51. The van der Waals surface area contributed by atoms with Crippen LogP contribution in [0.25, 0.3) is 0 Å². The van der Waals surface area contributed by atoms with Gasteiger partial charge in [0.05, 0.1) is 17.9 Å². The minimum absolute atomic E-state index is 0.00528. The van der Waals surface area contributed by atoms with E-state index in [1.165, 1.54) is 16.7 Å². The summed E-state index contributed by atoms with van der Waals surface area (Å²) in [5.41, 5.74) is 3.10. The molecule has 7 nitrogen and oxygen atoms in total. The molecule has 6 rings (SSSR count). The van der Waals surface area contributed by atoms with Crippen molar-refractivity contribution in [3.63, 3.8) is 0 Å². The maximum absolute atomic E-state index is 14.2. The number of ether oxygens (including phenoxy) is 1. The number of allylic oxidation sites excluding steroid dienone is 1. The summed E-state index contributed by atoms with van der Waals surface area (Å²) in [6, 6.07) is 8.52. The fraction of sp³-hybridized carbons (Fsp3) is 0.766. The first-order valence-corrected chi connectivity index (χ1v) is 21.2. The summed E-state index contributed by atoms with van der Waals surface area (Å²) >= 11 is 0. The number of aliphatic hydroxyl groups excluding tert-OH is 1. The van der Waals surface area contributed by atoms with E-state index in [0.717, 1.165) is 70.0 Å². The topological polar surface area (TPSA) is 104 Å². The smallest absolute Gasteiger partial charge is 0.309 e. The molecule has 9 atom stereocenters. The third-order valence-corrected chi connectivity index (χ3v) is 17.0. The van der Waals surface area contributed by atoms with Crippen LogP contribution in [0.5, 0.6) is 0 Å². The van der Waals surface area contributed by atoms with E-state index in [1.807, 2.05) is 0 Å². The van der Waals surface area contributed by atoms with Crippen molar-refractivity contribution >= 4 is 17.7 Å². The molecule has 0 heterocycles. The van der Waals surface area contributed by atoms with Gasteiger partial charge in [0.25, 0.3) is 0 Å². The fourth-order valence-electron chi connectivity index (χ4n) is 13.7. The summed E-state index contributed by atoms with van der Waals surface area (Å²) in [5.74, 6) is 0.113. The Labute approximate surface area is 326 Å². The number of benzene rings is 1. The number of fused-ring (bicyclic) bond motifs is 7. The van der Waals surface area contributed by atoms with Crippen molar-refractivity contribution in [2.75, 3.05) is 13.1 Å². The van der Waals surface area contributed by atoms with E-state index in [2.05, 4.69) is 91.5 Å². The zero-order valence-corrected chi connectivity index (χ0v) is 35.4. The predicted molar refractivity (Wildman–Crippen MR) is 213 cm³/mol. The van der Waals surface area contributed by atoms with Gasteiger partial charge < -0.3 is 14.9 Å². The van der Waals surface area contributed by atoms with Crippen molar-refractivity contribution in [1.29, 1.82) is 0 Å². The lowest BCUT2D eigenvalue weighted by Gasteiger charge is -2.72. The molecule has 0 bridgehead atoms. The minimum atomic E-state index is -1.16. The molecule has 5 aliphatic carbocycles. The SMILES string of the molecule is CCN(Cc1ccccc1C)C[C@H](O)[C@@]12CC[C@]3(C)[C@H](CC[C@@H]4[C@@]5(C)CC[C@H](OC(=O)CC(C)(C)C(=O)O)C(C)(C)[C@@H]5CC[C@]43C)C1=C(C(C)C)C(=O)C2. The van der Waals surface area contributed by atoms with Crippen molar-refractivity contribution in [2.45, 2.75) is 159 Å². The molecular weight excluding hydrogens is 675 g/mol. The van der Waals surface area contributed by atoms with Gasteiger partial charge in [-0.05, 0) is 135 Å². The number of carboxylic acids is 1. The molecule has 0 aromatic heterocycles. The maximum atomic E-state index is 14.2. The van der Waals surface area contributed by atoms with Gasteiger partial charge in [-0.15, -0.1) is 0 Å². The standard InChI is InChI=1S/C47H71NO6/c1-12-48(27-31-16-14-13-15-30(31)4)28-36(50)47-24-23-45(10)32(40(47)39(29(2)3)33(49)25-47)17-18-35-44(9)21-20-37(54-38(51)26-42(5,6)41(52)53)43(7,8)34(44)19-22-46(35,45)11/h13-16,29,32,34-37,50H,12,17-28H2,1-11H3,(H,52,53)/t32-,34+,35-,36+,37+,44+,45-,46-,47+/m1/s1. The second-order valence-electron chi connectivity index (χ2n) is 20.8. The van der Waals surface area contributed by atoms with E-state index in [-0.39, 0.29) is 51.8 Å². The van der Waals surface area contributed by atoms with Crippen LogP contribution in [0, 0.1) is 63.1 Å². The molecule has 0 spiro atoms. The molecule has 0 aliphatic heterocycles. The number of hydrogen-bond acceptors (Lipinski definition) is 6. The van der Waals surface area contributed by atoms with E-state index in [4.69, 9.17) is 4.74 Å². The van der Waals surface area contributed by atoms with Crippen LogP contribution in [0.1, 0.15) is 145 Å². The van der Waals surface area contributed by atoms with Gasteiger partial charge in [-0.3, -0.25) is 19.3 Å². The normalized spacial score (nSPS) is 36.7. The molecule has 300 valence electrons. The van der Waals surface area contributed by atoms with Crippen LogP contribution in [0.15, 0.2) is 35.4 Å². The molecule has 4 saturated carbocycles. The zero-order chi connectivity index (χ0) is 39.8. The monoisotopic (exact) mass is 746 g/mol. The predicted octanol–water partition coefficient (Wildman–Crippen LogP) is 9.57. The Bertz CT molecular complexity index is 1670. The van der Waals surface area contributed by atoms with Gasteiger partial charge in [0.15, 0.2) is 5.78 Å². The van der Waals surface area contributed by atoms with Crippen LogP contribution < -0.4 is 0 Å². The van der Waals surface area contributed by atoms with Crippen LogP contribution in [-0.2, 0) is 25.7 Å². The molecule has 1 aromatic rings. The highest BCUT2D eigenvalue weighted by Crippen LogP contribution is 2.77. The second-order valence-corrected chi connectivity index (χ2v) is 20.8. The van der Waals surface area contributed by atoms with Crippen molar-refractivity contribution < 1.29 is 29.3 Å². The molecule has 7 heteroatoms. The molecule has 2 N–H and O–H groups in total. The highest BCUT2D eigenvalue weighted by Gasteiger charge is 2.70. The number of Topliss-reactive ketones (excluding diaryl/α,β-unsaturated/α-hetero) is 1. The molecule has 0 radical (unpaired) electrons. The molecule has 5 aliphatic rings. The van der Waals surface area contributed by atoms with E-state index < -0.39 is 28.9 Å². The number of carbonyl (C=O) groups is 3. The maximum Gasteiger partial charge on any atom is 0.309 e. The number of likely N-dealkylation sites (N-methyl/N-ethyl adjacent to an activating group) is 1. The summed E-state index contributed by atoms with van der Waals surface area (Å²) in [7, 11) is 0. The Morgan fingerprint density at radius 2 is 1.63 bits per heavy atom. The molecule has 4 fully saturated rings. The first-order chi connectivity index (χ1) is 25.1. The second kappa shape index (κ2) is 14.1. The summed E-state index contributed by atoms with van der Waals surface area (Å²) in [5, 5.41) is 22.1. The first kappa shape index (κ1) is 41.1. The number of rotatable bonds is 11. The van der Waals surface area contributed by atoms with Gasteiger partial charge in [-0.25, -0.2) is 0 Å². The number of carboxylic acid groups (broad SMARTS) is 1. The Morgan fingerprint density at radius 3 is 2.26 bits per heavy atom.